The summed E-state index contributed by atoms with van der Waals surface area (Å²) in [7, 11) is 0. The Bertz CT molecular complexity index is 1220. The topological polar surface area (TPSA) is 89.8 Å². The number of fused-ring (bicyclic) bond motifs is 2. The van der Waals surface area contributed by atoms with Gasteiger partial charge < -0.3 is 20.6 Å². The number of carbonyl (C=O) groups is 2. The molecule has 5 aromatic rings. The number of carbonyl (C=O) groups excluding carboxylic acids is 2. The molecule has 0 radical (unpaired) electrons. The first kappa shape index (κ1) is 17.8. The summed E-state index contributed by atoms with van der Waals surface area (Å²) in [6.07, 6.45) is 0. The summed E-state index contributed by atoms with van der Waals surface area (Å²) < 4.78 is 0. The Balaban J connectivity index is 1.38. The van der Waals surface area contributed by atoms with Crippen LogP contribution in [-0.2, 0) is 0 Å². The number of anilines is 2. The highest BCUT2D eigenvalue weighted by Crippen LogP contribution is 2.24. The fourth-order valence-electron chi connectivity index (χ4n) is 3.47. The molecule has 0 aliphatic rings. The zero-order chi connectivity index (χ0) is 20.5. The van der Waals surface area contributed by atoms with Gasteiger partial charge >= 0.3 is 0 Å². The van der Waals surface area contributed by atoms with E-state index in [2.05, 4.69) is 20.6 Å². The monoisotopic (exact) mass is 394 g/mol. The van der Waals surface area contributed by atoms with Crippen LogP contribution < -0.4 is 10.6 Å². The highest BCUT2D eigenvalue weighted by Gasteiger charge is 2.15. The standard InChI is InChI=1S/C24H18N4O2/c29-23(21-13-15-7-1-3-9-17(15)25-21)27-19-11-5-6-12-20(19)28-24(30)22-14-16-8-2-4-10-18(16)26-22/h1-14,25-26H,(H,27,29)(H,28,30). The van der Waals surface area contributed by atoms with Crippen LogP contribution in [0.25, 0.3) is 21.8 Å². The quantitative estimate of drug-likeness (QED) is 0.339. The molecular formula is C24H18N4O2. The van der Waals surface area contributed by atoms with Crippen molar-refractivity contribution >= 4 is 45.0 Å². The fraction of sp³-hybridized carbons (Fsp3) is 0. The maximum atomic E-state index is 12.7. The van der Waals surface area contributed by atoms with Gasteiger partial charge in [0.25, 0.3) is 11.8 Å². The van der Waals surface area contributed by atoms with Gasteiger partial charge in [0.1, 0.15) is 11.4 Å². The van der Waals surface area contributed by atoms with Crippen LogP contribution in [0.5, 0.6) is 0 Å². The highest BCUT2D eigenvalue weighted by atomic mass is 16.2. The van der Waals surface area contributed by atoms with E-state index in [1.807, 2.05) is 48.5 Å². The molecule has 0 unspecified atom stereocenters. The van der Waals surface area contributed by atoms with Gasteiger partial charge in [-0.15, -0.1) is 0 Å². The highest BCUT2D eigenvalue weighted by molar-refractivity contribution is 6.11. The Kier molecular flexibility index (Phi) is 4.29. The minimum Gasteiger partial charge on any atom is -0.351 e. The van der Waals surface area contributed by atoms with Crippen LogP contribution in [0.4, 0.5) is 11.4 Å². The van der Waals surface area contributed by atoms with Crippen molar-refractivity contribution in [3.63, 3.8) is 0 Å². The molecule has 4 N–H and O–H groups in total. The van der Waals surface area contributed by atoms with E-state index in [-0.39, 0.29) is 11.8 Å². The molecule has 3 aromatic carbocycles. The zero-order valence-corrected chi connectivity index (χ0v) is 15.9. The Morgan fingerprint density at radius 2 is 0.967 bits per heavy atom. The molecule has 0 saturated carbocycles. The number of rotatable bonds is 4. The van der Waals surface area contributed by atoms with E-state index in [4.69, 9.17) is 0 Å². The summed E-state index contributed by atoms with van der Waals surface area (Å²) in [6.45, 7) is 0. The maximum absolute atomic E-state index is 12.7. The minimum absolute atomic E-state index is 0.279. The predicted molar refractivity (Wildman–Crippen MR) is 119 cm³/mol. The van der Waals surface area contributed by atoms with Gasteiger partial charge in [0, 0.05) is 21.8 Å². The average molecular weight is 394 g/mol. The van der Waals surface area contributed by atoms with Crippen LogP contribution in [-0.4, -0.2) is 21.8 Å². The molecule has 6 heteroatoms. The Hall–Kier alpha value is -4.32. The lowest BCUT2D eigenvalue weighted by molar-refractivity contribution is 0.101. The minimum atomic E-state index is -0.279. The smallest absolute Gasteiger partial charge is 0.272 e. The largest absolute Gasteiger partial charge is 0.351 e. The van der Waals surface area contributed by atoms with Crippen LogP contribution in [0, 0.1) is 0 Å². The normalized spacial score (nSPS) is 10.9. The number of aromatic nitrogens is 2. The number of hydrogen-bond acceptors (Lipinski definition) is 2. The number of aromatic amines is 2. The number of para-hydroxylation sites is 4. The number of benzene rings is 3. The van der Waals surface area contributed by atoms with Crippen molar-refractivity contribution in [2.75, 3.05) is 10.6 Å². The molecule has 0 spiro atoms. The van der Waals surface area contributed by atoms with Crippen LogP contribution in [0.2, 0.25) is 0 Å². The van der Waals surface area contributed by atoms with Crippen LogP contribution in [0.15, 0.2) is 84.9 Å². The average Bonchev–Trinajstić information content (AvgIpc) is 3.39. The summed E-state index contributed by atoms with van der Waals surface area (Å²) in [5.41, 5.74) is 3.73. The third-order valence-corrected chi connectivity index (χ3v) is 4.97. The van der Waals surface area contributed by atoms with Crippen LogP contribution in [0.1, 0.15) is 21.0 Å². The molecule has 0 aliphatic heterocycles. The molecule has 0 fully saturated rings. The van der Waals surface area contributed by atoms with Crippen molar-refractivity contribution < 1.29 is 9.59 Å². The summed E-state index contributed by atoms with van der Waals surface area (Å²) in [5.74, 6) is -0.558. The number of nitrogens with one attached hydrogen (secondary N) is 4. The van der Waals surface area contributed by atoms with Gasteiger partial charge in [0.15, 0.2) is 0 Å². The molecule has 2 heterocycles. The van der Waals surface area contributed by atoms with E-state index < -0.39 is 0 Å². The Labute approximate surface area is 171 Å². The fourth-order valence-corrected chi connectivity index (χ4v) is 3.47. The van der Waals surface area contributed by atoms with Crippen molar-refractivity contribution in [3.8, 4) is 0 Å². The second kappa shape index (κ2) is 7.25. The summed E-state index contributed by atoms with van der Waals surface area (Å²) >= 11 is 0. The zero-order valence-electron chi connectivity index (χ0n) is 15.9. The van der Waals surface area contributed by atoms with E-state index in [1.165, 1.54) is 0 Å². The van der Waals surface area contributed by atoms with Crippen molar-refractivity contribution in [2.24, 2.45) is 0 Å². The molecule has 0 aliphatic carbocycles. The van der Waals surface area contributed by atoms with Gasteiger partial charge in [-0.25, -0.2) is 0 Å². The SMILES string of the molecule is O=C(Nc1ccccc1NC(=O)c1cc2ccccc2[nH]1)c1cc2ccccc2[nH]1. The van der Waals surface area contributed by atoms with Crippen molar-refractivity contribution in [2.45, 2.75) is 0 Å². The lowest BCUT2D eigenvalue weighted by atomic mass is 10.2. The Morgan fingerprint density at radius 3 is 1.40 bits per heavy atom. The first-order valence-corrected chi connectivity index (χ1v) is 9.54. The van der Waals surface area contributed by atoms with Gasteiger partial charge in [-0.3, -0.25) is 9.59 Å². The van der Waals surface area contributed by atoms with E-state index in [1.54, 1.807) is 36.4 Å². The van der Waals surface area contributed by atoms with E-state index in [9.17, 15) is 9.59 Å². The third kappa shape index (κ3) is 3.31. The molecule has 0 atom stereocenters. The van der Waals surface area contributed by atoms with Crippen molar-refractivity contribution in [1.82, 2.24) is 9.97 Å². The summed E-state index contributed by atoms with van der Waals surface area (Å²) in [5, 5.41) is 7.67. The van der Waals surface area contributed by atoms with E-state index >= 15 is 0 Å². The lowest BCUT2D eigenvalue weighted by Gasteiger charge is -2.11. The van der Waals surface area contributed by atoms with Gasteiger partial charge in [-0.1, -0.05) is 48.5 Å². The van der Waals surface area contributed by atoms with Crippen molar-refractivity contribution in [1.29, 1.82) is 0 Å². The summed E-state index contributed by atoms with van der Waals surface area (Å²) in [4.78, 5) is 31.7. The van der Waals surface area contributed by atoms with E-state index in [0.29, 0.717) is 22.8 Å². The van der Waals surface area contributed by atoms with Crippen LogP contribution >= 0.6 is 0 Å². The van der Waals surface area contributed by atoms with Gasteiger partial charge in [0.05, 0.1) is 11.4 Å². The maximum Gasteiger partial charge on any atom is 0.272 e. The van der Waals surface area contributed by atoms with Gasteiger partial charge in [-0.05, 0) is 36.4 Å². The Morgan fingerprint density at radius 1 is 0.567 bits per heavy atom. The number of H-pyrrole nitrogens is 2. The van der Waals surface area contributed by atoms with Gasteiger partial charge in [-0.2, -0.15) is 0 Å². The molecule has 30 heavy (non-hydrogen) atoms. The van der Waals surface area contributed by atoms with Crippen LogP contribution in [0.3, 0.4) is 0 Å². The first-order valence-electron chi connectivity index (χ1n) is 9.54. The number of amides is 2. The number of hydrogen-bond donors (Lipinski definition) is 4. The molecule has 2 aromatic heterocycles. The molecular weight excluding hydrogens is 376 g/mol. The van der Waals surface area contributed by atoms with E-state index in [0.717, 1.165) is 21.8 Å². The first-order chi connectivity index (χ1) is 14.7. The van der Waals surface area contributed by atoms with Gasteiger partial charge in [0.2, 0.25) is 0 Å². The molecule has 0 bridgehead atoms. The third-order valence-electron chi connectivity index (χ3n) is 4.97. The molecule has 146 valence electrons. The predicted octanol–water partition coefficient (Wildman–Crippen LogP) is 5.15. The lowest BCUT2D eigenvalue weighted by Crippen LogP contribution is -2.17. The molecule has 6 nitrogen and oxygen atoms in total. The molecule has 2 amide bonds. The molecule has 5 rings (SSSR count). The van der Waals surface area contributed by atoms with Crippen molar-refractivity contribution in [3.05, 3.63) is 96.3 Å². The summed E-state index contributed by atoms with van der Waals surface area (Å²) in [6, 6.07) is 26.1. The molecule has 0 saturated heterocycles. The second-order valence-corrected chi connectivity index (χ2v) is 6.99. The second-order valence-electron chi connectivity index (χ2n) is 6.99.